The van der Waals surface area contributed by atoms with E-state index in [0.29, 0.717) is 12.0 Å². The molecular formula is C15H15FN2. The van der Waals surface area contributed by atoms with E-state index in [2.05, 4.69) is 0 Å². The molecular weight excluding hydrogens is 227 g/mol. The van der Waals surface area contributed by atoms with Gasteiger partial charge in [0.25, 0.3) is 0 Å². The molecule has 1 atom stereocenters. The van der Waals surface area contributed by atoms with E-state index < -0.39 is 0 Å². The van der Waals surface area contributed by atoms with Crippen LogP contribution in [-0.4, -0.2) is 5.84 Å². The molecule has 0 saturated carbocycles. The maximum atomic E-state index is 13.6. The van der Waals surface area contributed by atoms with Crippen molar-refractivity contribution in [2.75, 3.05) is 0 Å². The number of benzene rings is 2. The number of hydrogen-bond acceptors (Lipinski definition) is 1. The number of nitrogens with two attached hydrogens (primary N) is 1. The third-order valence-corrected chi connectivity index (χ3v) is 2.96. The molecule has 2 aromatic rings. The molecule has 2 aromatic carbocycles. The van der Waals surface area contributed by atoms with Crippen LogP contribution in [0.1, 0.15) is 17.0 Å². The van der Waals surface area contributed by atoms with Crippen molar-refractivity contribution in [1.29, 1.82) is 5.41 Å². The Morgan fingerprint density at radius 3 is 2.28 bits per heavy atom. The van der Waals surface area contributed by atoms with Crippen LogP contribution < -0.4 is 5.73 Å². The zero-order valence-corrected chi connectivity index (χ0v) is 9.94. The lowest BCUT2D eigenvalue weighted by Gasteiger charge is -2.16. The first-order chi connectivity index (χ1) is 8.68. The van der Waals surface area contributed by atoms with Gasteiger partial charge in [-0.15, -0.1) is 0 Å². The summed E-state index contributed by atoms with van der Waals surface area (Å²) in [4.78, 5) is 0. The van der Waals surface area contributed by atoms with E-state index in [1.807, 2.05) is 30.3 Å². The summed E-state index contributed by atoms with van der Waals surface area (Å²) in [5, 5.41) is 7.66. The minimum Gasteiger partial charge on any atom is -0.387 e. The van der Waals surface area contributed by atoms with Crippen LogP contribution in [0.3, 0.4) is 0 Å². The Morgan fingerprint density at radius 1 is 1.06 bits per heavy atom. The second-order valence-corrected chi connectivity index (χ2v) is 4.21. The predicted molar refractivity (Wildman–Crippen MR) is 71.2 cm³/mol. The molecule has 0 heterocycles. The highest BCUT2D eigenvalue weighted by Crippen LogP contribution is 2.22. The van der Waals surface area contributed by atoms with Crippen LogP contribution in [-0.2, 0) is 6.42 Å². The molecule has 3 heteroatoms. The lowest BCUT2D eigenvalue weighted by molar-refractivity contribution is 0.605. The van der Waals surface area contributed by atoms with Gasteiger partial charge in [0.2, 0.25) is 0 Å². The molecule has 0 fully saturated rings. The summed E-state index contributed by atoms with van der Waals surface area (Å²) in [6.07, 6.45) is 0.409. The summed E-state index contributed by atoms with van der Waals surface area (Å²) in [6.45, 7) is 0. The highest BCUT2D eigenvalue weighted by atomic mass is 19.1. The maximum absolute atomic E-state index is 13.6. The minimum atomic E-state index is -0.275. The van der Waals surface area contributed by atoms with E-state index in [9.17, 15) is 4.39 Å². The van der Waals surface area contributed by atoms with Gasteiger partial charge in [-0.1, -0.05) is 48.5 Å². The van der Waals surface area contributed by atoms with Gasteiger partial charge >= 0.3 is 0 Å². The summed E-state index contributed by atoms with van der Waals surface area (Å²) in [7, 11) is 0. The molecule has 0 aromatic heterocycles. The molecule has 0 spiro atoms. The zero-order valence-electron chi connectivity index (χ0n) is 9.94. The Bertz CT molecular complexity index is 537. The summed E-state index contributed by atoms with van der Waals surface area (Å²) in [5.41, 5.74) is 7.15. The van der Waals surface area contributed by atoms with Crippen molar-refractivity contribution >= 4 is 5.84 Å². The van der Waals surface area contributed by atoms with Crippen molar-refractivity contribution in [3.05, 3.63) is 71.5 Å². The smallest absolute Gasteiger partial charge is 0.126 e. The van der Waals surface area contributed by atoms with Crippen molar-refractivity contribution in [3.63, 3.8) is 0 Å². The normalized spacial score (nSPS) is 12.1. The molecule has 0 aliphatic carbocycles. The van der Waals surface area contributed by atoms with E-state index in [1.54, 1.807) is 18.2 Å². The summed E-state index contributed by atoms with van der Waals surface area (Å²) < 4.78 is 13.6. The van der Waals surface area contributed by atoms with Gasteiger partial charge in [-0.05, 0) is 23.6 Å². The number of nitrogens with one attached hydrogen (secondary N) is 1. The molecule has 18 heavy (non-hydrogen) atoms. The van der Waals surface area contributed by atoms with Crippen LogP contribution in [0.2, 0.25) is 0 Å². The van der Waals surface area contributed by atoms with Gasteiger partial charge in [0.05, 0.1) is 5.84 Å². The monoisotopic (exact) mass is 242 g/mol. The van der Waals surface area contributed by atoms with E-state index in [0.717, 1.165) is 5.56 Å². The van der Waals surface area contributed by atoms with Crippen molar-refractivity contribution in [3.8, 4) is 0 Å². The first kappa shape index (κ1) is 12.3. The van der Waals surface area contributed by atoms with Crippen LogP contribution in [0, 0.1) is 11.2 Å². The zero-order chi connectivity index (χ0) is 13.0. The van der Waals surface area contributed by atoms with Crippen molar-refractivity contribution in [2.45, 2.75) is 12.3 Å². The highest BCUT2D eigenvalue weighted by molar-refractivity contribution is 5.84. The van der Waals surface area contributed by atoms with Crippen LogP contribution in [0.5, 0.6) is 0 Å². The molecule has 0 aliphatic heterocycles. The molecule has 1 unspecified atom stereocenters. The van der Waals surface area contributed by atoms with Crippen LogP contribution >= 0.6 is 0 Å². The lowest BCUT2D eigenvalue weighted by atomic mass is 9.91. The van der Waals surface area contributed by atoms with Gasteiger partial charge in [0.15, 0.2) is 0 Å². The summed E-state index contributed by atoms with van der Waals surface area (Å²) in [5.74, 6) is -0.466. The Morgan fingerprint density at radius 2 is 1.67 bits per heavy atom. The Balaban J connectivity index is 2.28. The largest absolute Gasteiger partial charge is 0.387 e. The van der Waals surface area contributed by atoms with E-state index in [1.165, 1.54) is 6.07 Å². The molecule has 0 radical (unpaired) electrons. The predicted octanol–water partition coefficient (Wildman–Crippen LogP) is 3.09. The van der Waals surface area contributed by atoms with Crippen LogP contribution in [0.25, 0.3) is 0 Å². The second kappa shape index (κ2) is 5.45. The fourth-order valence-electron chi connectivity index (χ4n) is 1.98. The topological polar surface area (TPSA) is 49.9 Å². The Kier molecular flexibility index (Phi) is 3.72. The van der Waals surface area contributed by atoms with Gasteiger partial charge in [-0.2, -0.15) is 0 Å². The first-order valence-electron chi connectivity index (χ1n) is 5.80. The number of rotatable bonds is 4. The highest BCUT2D eigenvalue weighted by Gasteiger charge is 2.16. The van der Waals surface area contributed by atoms with Crippen molar-refractivity contribution in [1.82, 2.24) is 0 Å². The Hall–Kier alpha value is -2.16. The average molecular weight is 242 g/mol. The third kappa shape index (κ3) is 2.74. The molecule has 3 N–H and O–H groups in total. The van der Waals surface area contributed by atoms with Gasteiger partial charge in [-0.25, -0.2) is 4.39 Å². The van der Waals surface area contributed by atoms with Crippen molar-refractivity contribution in [2.24, 2.45) is 5.73 Å². The van der Waals surface area contributed by atoms with E-state index >= 15 is 0 Å². The standard InChI is InChI=1S/C15H15FN2/c16-14-9-5-4-8-12(14)10-13(15(17)18)11-6-2-1-3-7-11/h1-9,13H,10H2,(H3,17,18). The summed E-state index contributed by atoms with van der Waals surface area (Å²) >= 11 is 0. The second-order valence-electron chi connectivity index (χ2n) is 4.21. The van der Waals surface area contributed by atoms with Gasteiger partial charge in [-0.3, -0.25) is 5.41 Å². The van der Waals surface area contributed by atoms with Crippen molar-refractivity contribution < 1.29 is 4.39 Å². The molecule has 2 nitrogen and oxygen atoms in total. The van der Waals surface area contributed by atoms with Gasteiger partial charge < -0.3 is 5.73 Å². The van der Waals surface area contributed by atoms with Crippen LogP contribution in [0.15, 0.2) is 54.6 Å². The minimum absolute atomic E-state index is 0.0597. The lowest BCUT2D eigenvalue weighted by Crippen LogP contribution is -2.22. The van der Waals surface area contributed by atoms with Gasteiger partial charge in [0, 0.05) is 5.92 Å². The fourth-order valence-corrected chi connectivity index (χ4v) is 1.98. The third-order valence-electron chi connectivity index (χ3n) is 2.96. The molecule has 0 bridgehead atoms. The molecule has 92 valence electrons. The van der Waals surface area contributed by atoms with Crippen LogP contribution in [0.4, 0.5) is 4.39 Å². The SMILES string of the molecule is N=C(N)C(Cc1ccccc1F)c1ccccc1. The van der Waals surface area contributed by atoms with E-state index in [-0.39, 0.29) is 17.6 Å². The Labute approximate surface area is 106 Å². The maximum Gasteiger partial charge on any atom is 0.126 e. The number of halogens is 1. The summed E-state index contributed by atoms with van der Waals surface area (Å²) in [6, 6.07) is 16.1. The van der Waals surface area contributed by atoms with Gasteiger partial charge in [0.1, 0.15) is 5.82 Å². The quantitative estimate of drug-likeness (QED) is 0.628. The number of hydrogen-bond donors (Lipinski definition) is 2. The molecule has 2 rings (SSSR count). The van der Waals surface area contributed by atoms with E-state index in [4.69, 9.17) is 11.1 Å². The molecule has 0 saturated heterocycles. The number of amidine groups is 1. The molecule has 0 aliphatic rings. The average Bonchev–Trinajstić information content (AvgIpc) is 2.38. The molecule has 0 amide bonds. The first-order valence-corrected chi connectivity index (χ1v) is 5.80. The fraction of sp³-hybridized carbons (Fsp3) is 0.133.